The third-order valence-electron chi connectivity index (χ3n) is 5.97. The first-order chi connectivity index (χ1) is 17.7. The molecule has 2 N–H and O–H groups in total. The first-order valence-corrected chi connectivity index (χ1v) is 11.5. The number of rotatable bonds is 7. The summed E-state index contributed by atoms with van der Waals surface area (Å²) in [5, 5.41) is 14.0. The average Bonchev–Trinajstić information content (AvgIpc) is 3.50. The zero-order valence-corrected chi connectivity index (χ0v) is 20.1. The number of pyridine rings is 2. The number of aliphatic hydroxyl groups is 1. The van der Waals surface area contributed by atoms with Gasteiger partial charge in [-0.25, -0.2) is 14.5 Å². The van der Waals surface area contributed by atoms with Crippen molar-refractivity contribution < 1.29 is 18.3 Å². The molecule has 8 nitrogen and oxygen atoms in total. The van der Waals surface area contributed by atoms with E-state index in [1.54, 1.807) is 24.6 Å². The van der Waals surface area contributed by atoms with Gasteiger partial charge in [0.25, 0.3) is 0 Å². The first kappa shape index (κ1) is 24.7. The highest BCUT2D eigenvalue weighted by Gasteiger charge is 2.40. The lowest BCUT2D eigenvalue weighted by atomic mass is 10.0. The highest BCUT2D eigenvalue weighted by Crippen LogP contribution is 2.35. The van der Waals surface area contributed by atoms with Crippen molar-refractivity contribution in [3.63, 3.8) is 0 Å². The number of aromatic amines is 1. The van der Waals surface area contributed by atoms with Crippen molar-refractivity contribution in [2.45, 2.75) is 32.3 Å². The fourth-order valence-corrected chi connectivity index (χ4v) is 4.25. The molecule has 0 saturated heterocycles. The first-order valence-electron chi connectivity index (χ1n) is 11.5. The Morgan fingerprint density at radius 3 is 2.65 bits per heavy atom. The second-order valence-corrected chi connectivity index (χ2v) is 8.87. The summed E-state index contributed by atoms with van der Waals surface area (Å²) in [4.78, 5) is 18.8. The molecular weight excluding hydrogens is 482 g/mol. The molecule has 0 spiro atoms. The van der Waals surface area contributed by atoms with Crippen LogP contribution in [-0.2, 0) is 13.1 Å². The second-order valence-electron chi connectivity index (χ2n) is 8.87. The zero-order valence-electron chi connectivity index (χ0n) is 20.1. The standard InChI is InChI=1S/C25H23BF3N7O/c1-15-5-4-8-19(32-15)23-22(17-9-10-21-30-14-31-36(21)12-17)33-20(34-23)13-35(26)11-16-6-2-3-7-18(16)24(37)25(27,28)29/h2-10,12,14,24,37H,11,13,26H2,1H3,(H,33,34). The Kier molecular flexibility index (Phi) is 6.53. The SMILES string of the molecule is BN(Cc1nc(-c2cccc(C)n2)c(-c2ccc3ncnn3c2)[nH]1)Cc1ccccc1C(O)C(F)(F)F. The maximum atomic E-state index is 13.2. The maximum Gasteiger partial charge on any atom is 0.418 e. The minimum atomic E-state index is -4.74. The Morgan fingerprint density at radius 2 is 1.86 bits per heavy atom. The molecule has 188 valence electrons. The second kappa shape index (κ2) is 9.79. The van der Waals surface area contributed by atoms with Crippen LogP contribution in [0.1, 0.15) is 28.7 Å². The van der Waals surface area contributed by atoms with Crippen LogP contribution in [-0.4, -0.2) is 53.6 Å². The Bertz CT molecular complexity index is 1550. The minimum absolute atomic E-state index is 0.159. The summed E-state index contributed by atoms with van der Waals surface area (Å²) in [6.45, 7) is 2.40. The highest BCUT2D eigenvalue weighted by molar-refractivity contribution is 6.04. The summed E-state index contributed by atoms with van der Waals surface area (Å²) in [7, 11) is 1.78. The van der Waals surface area contributed by atoms with Crippen molar-refractivity contribution in [1.29, 1.82) is 0 Å². The van der Waals surface area contributed by atoms with Crippen molar-refractivity contribution in [3.8, 4) is 22.6 Å². The van der Waals surface area contributed by atoms with Crippen LogP contribution in [0.5, 0.6) is 0 Å². The van der Waals surface area contributed by atoms with Gasteiger partial charge in [-0.2, -0.15) is 18.3 Å². The van der Waals surface area contributed by atoms with Gasteiger partial charge in [-0.3, -0.25) is 4.98 Å². The van der Waals surface area contributed by atoms with E-state index in [4.69, 9.17) is 4.98 Å². The van der Waals surface area contributed by atoms with Crippen molar-refractivity contribution in [1.82, 2.24) is 34.4 Å². The van der Waals surface area contributed by atoms with E-state index in [1.807, 2.05) is 48.3 Å². The summed E-state index contributed by atoms with van der Waals surface area (Å²) in [6, 6.07) is 15.5. The van der Waals surface area contributed by atoms with Gasteiger partial charge < -0.3 is 14.9 Å². The van der Waals surface area contributed by atoms with Gasteiger partial charge in [-0.15, -0.1) is 0 Å². The number of nitrogens with zero attached hydrogens (tertiary/aromatic N) is 6. The van der Waals surface area contributed by atoms with Crippen LogP contribution < -0.4 is 0 Å². The fraction of sp³-hybridized carbons (Fsp3) is 0.200. The Hall–Kier alpha value is -4.03. The van der Waals surface area contributed by atoms with Crippen LogP contribution in [0.3, 0.4) is 0 Å². The van der Waals surface area contributed by atoms with Gasteiger partial charge in [-0.05, 0) is 42.3 Å². The van der Waals surface area contributed by atoms with E-state index in [-0.39, 0.29) is 12.1 Å². The topological polar surface area (TPSA) is 95.2 Å². The van der Waals surface area contributed by atoms with E-state index >= 15 is 0 Å². The van der Waals surface area contributed by atoms with E-state index in [0.29, 0.717) is 35.0 Å². The summed E-state index contributed by atoms with van der Waals surface area (Å²) < 4.78 is 41.2. The number of aromatic nitrogens is 6. The third-order valence-corrected chi connectivity index (χ3v) is 5.97. The van der Waals surface area contributed by atoms with Crippen LogP contribution >= 0.6 is 0 Å². The van der Waals surface area contributed by atoms with Gasteiger partial charge in [0.1, 0.15) is 17.8 Å². The van der Waals surface area contributed by atoms with Gasteiger partial charge in [0.05, 0.1) is 11.4 Å². The number of benzene rings is 1. The molecule has 4 aromatic heterocycles. The van der Waals surface area contributed by atoms with E-state index in [9.17, 15) is 18.3 Å². The summed E-state index contributed by atoms with van der Waals surface area (Å²) in [6.07, 6.45) is -3.97. The Morgan fingerprint density at radius 1 is 1.05 bits per heavy atom. The van der Waals surface area contributed by atoms with Crippen molar-refractivity contribution in [2.24, 2.45) is 0 Å². The average molecular weight is 505 g/mol. The van der Waals surface area contributed by atoms with Gasteiger partial charge >= 0.3 is 6.18 Å². The number of nitrogens with one attached hydrogen (secondary N) is 1. The molecule has 0 aliphatic heterocycles. The number of imidazole rings is 1. The smallest absolute Gasteiger partial charge is 0.379 e. The van der Waals surface area contributed by atoms with E-state index in [0.717, 1.165) is 17.0 Å². The number of H-pyrrole nitrogens is 1. The largest absolute Gasteiger partial charge is 0.418 e. The molecule has 37 heavy (non-hydrogen) atoms. The number of halogens is 3. The quantitative estimate of drug-likeness (QED) is 0.328. The monoisotopic (exact) mass is 505 g/mol. The van der Waals surface area contributed by atoms with Crippen LogP contribution in [0, 0.1) is 6.92 Å². The van der Waals surface area contributed by atoms with Crippen molar-refractivity contribution in [3.05, 3.63) is 89.8 Å². The predicted octanol–water partition coefficient (Wildman–Crippen LogP) is 3.64. The Labute approximate surface area is 211 Å². The van der Waals surface area contributed by atoms with Crippen LogP contribution in [0.2, 0.25) is 0 Å². The van der Waals surface area contributed by atoms with Crippen molar-refractivity contribution in [2.75, 3.05) is 0 Å². The Balaban J connectivity index is 1.46. The maximum absolute atomic E-state index is 13.2. The molecule has 0 amide bonds. The van der Waals surface area contributed by atoms with Gasteiger partial charge in [0.2, 0.25) is 0 Å². The number of hydrogen-bond acceptors (Lipinski definition) is 6. The number of aliphatic hydroxyl groups excluding tert-OH is 1. The lowest BCUT2D eigenvalue weighted by Gasteiger charge is -2.22. The zero-order chi connectivity index (χ0) is 26.2. The van der Waals surface area contributed by atoms with Crippen molar-refractivity contribution >= 4 is 13.6 Å². The normalized spacial score (nSPS) is 12.9. The molecule has 0 fully saturated rings. The molecule has 0 radical (unpaired) electrons. The van der Waals surface area contributed by atoms with Crippen LogP contribution in [0.25, 0.3) is 28.3 Å². The number of aryl methyl sites for hydroxylation is 1. The molecule has 4 heterocycles. The summed E-state index contributed by atoms with van der Waals surface area (Å²) >= 11 is 0. The minimum Gasteiger partial charge on any atom is -0.379 e. The molecule has 0 aliphatic carbocycles. The molecule has 5 aromatic rings. The lowest BCUT2D eigenvalue weighted by Crippen LogP contribution is -2.25. The molecule has 5 rings (SSSR count). The molecule has 12 heteroatoms. The van der Waals surface area contributed by atoms with E-state index in [2.05, 4.69) is 20.1 Å². The predicted molar refractivity (Wildman–Crippen MR) is 134 cm³/mol. The molecule has 0 saturated carbocycles. The molecule has 1 unspecified atom stereocenters. The number of hydrogen-bond donors (Lipinski definition) is 2. The highest BCUT2D eigenvalue weighted by atomic mass is 19.4. The summed E-state index contributed by atoms with van der Waals surface area (Å²) in [5.74, 6) is 0.614. The molecule has 0 bridgehead atoms. The lowest BCUT2D eigenvalue weighted by molar-refractivity contribution is -0.207. The van der Waals surface area contributed by atoms with Gasteiger partial charge in [-0.1, -0.05) is 30.3 Å². The summed E-state index contributed by atoms with van der Waals surface area (Å²) in [5.41, 5.74) is 4.70. The van der Waals surface area contributed by atoms with Crippen LogP contribution in [0.4, 0.5) is 13.2 Å². The number of fused-ring (bicyclic) bond motifs is 1. The molecule has 0 aliphatic rings. The molecule has 1 aromatic carbocycles. The molecule has 1 atom stereocenters. The molecular formula is C25H23BF3N7O. The van der Waals surface area contributed by atoms with E-state index in [1.165, 1.54) is 18.5 Å². The third kappa shape index (κ3) is 5.25. The fourth-order valence-electron chi connectivity index (χ4n) is 4.25. The van der Waals surface area contributed by atoms with Crippen LogP contribution in [0.15, 0.2) is 67.1 Å². The van der Waals surface area contributed by atoms with Gasteiger partial charge in [0, 0.05) is 30.5 Å². The van der Waals surface area contributed by atoms with Gasteiger partial charge in [0.15, 0.2) is 19.7 Å². The number of alkyl halides is 3. The van der Waals surface area contributed by atoms with E-state index < -0.39 is 12.3 Å².